The van der Waals surface area contributed by atoms with Crippen molar-refractivity contribution < 1.29 is 9.53 Å². The number of rotatable bonds is 2. The van der Waals surface area contributed by atoms with E-state index in [-0.39, 0.29) is 11.9 Å². The van der Waals surface area contributed by atoms with Crippen LogP contribution in [-0.2, 0) is 9.53 Å². The van der Waals surface area contributed by atoms with E-state index in [1.807, 2.05) is 18.2 Å². The van der Waals surface area contributed by atoms with Crippen LogP contribution in [-0.4, -0.2) is 31.2 Å². The number of anilines is 2. The molecule has 0 saturated carbocycles. The van der Waals surface area contributed by atoms with Gasteiger partial charge in [0, 0.05) is 35.7 Å². The zero-order valence-electron chi connectivity index (χ0n) is 13.0. The van der Waals surface area contributed by atoms with Crippen LogP contribution < -0.4 is 10.6 Å². The average Bonchev–Trinajstić information content (AvgIpc) is 2.57. The first kappa shape index (κ1) is 14.6. The number of aromatic nitrogens is 1. The number of nitrogen functional groups attached to an aromatic ring is 1. The topological polar surface area (TPSA) is 68.5 Å². The second-order valence-electron chi connectivity index (χ2n) is 5.81. The van der Waals surface area contributed by atoms with Crippen LogP contribution in [0.1, 0.15) is 18.4 Å². The van der Waals surface area contributed by atoms with Crippen molar-refractivity contribution in [3.05, 3.63) is 30.0 Å². The van der Waals surface area contributed by atoms with Crippen molar-refractivity contribution in [3.63, 3.8) is 0 Å². The molecule has 5 nitrogen and oxygen atoms in total. The van der Waals surface area contributed by atoms with Gasteiger partial charge in [0.25, 0.3) is 0 Å². The fraction of sp³-hybridized carbons (Fsp3) is 0.412. The summed E-state index contributed by atoms with van der Waals surface area (Å²) in [6.07, 6.45) is 3.40. The van der Waals surface area contributed by atoms with Gasteiger partial charge in [-0.15, -0.1) is 0 Å². The summed E-state index contributed by atoms with van der Waals surface area (Å²) in [5.74, 6) is 0.860. The Morgan fingerprint density at radius 1 is 1.32 bits per heavy atom. The van der Waals surface area contributed by atoms with E-state index in [0.717, 1.165) is 48.2 Å². The number of piperidine rings is 1. The summed E-state index contributed by atoms with van der Waals surface area (Å²) in [5.41, 5.74) is 8.04. The fourth-order valence-corrected chi connectivity index (χ4v) is 3.20. The molecule has 1 aromatic carbocycles. The monoisotopic (exact) mass is 299 g/mol. The molecule has 1 aromatic heterocycles. The van der Waals surface area contributed by atoms with E-state index in [2.05, 4.69) is 16.8 Å². The lowest BCUT2D eigenvalue weighted by Gasteiger charge is -2.32. The van der Waals surface area contributed by atoms with Gasteiger partial charge < -0.3 is 15.4 Å². The van der Waals surface area contributed by atoms with Gasteiger partial charge in [0.1, 0.15) is 5.82 Å². The molecule has 5 heteroatoms. The molecular weight excluding hydrogens is 278 g/mol. The van der Waals surface area contributed by atoms with Crippen LogP contribution in [0.3, 0.4) is 0 Å². The predicted octanol–water partition coefficient (Wildman–Crippen LogP) is 2.51. The van der Waals surface area contributed by atoms with Crippen molar-refractivity contribution in [2.45, 2.75) is 19.8 Å². The third-order valence-corrected chi connectivity index (χ3v) is 4.48. The number of carbonyl (C=O) groups excluding carboxylic acids is 1. The van der Waals surface area contributed by atoms with Gasteiger partial charge in [-0.3, -0.25) is 4.79 Å². The molecule has 0 unspecified atom stereocenters. The number of fused-ring (bicyclic) bond motifs is 1. The third-order valence-electron chi connectivity index (χ3n) is 4.48. The predicted molar refractivity (Wildman–Crippen MR) is 87.8 cm³/mol. The summed E-state index contributed by atoms with van der Waals surface area (Å²) in [5, 5.41) is 2.15. The Hall–Kier alpha value is -2.30. The maximum absolute atomic E-state index is 11.6. The van der Waals surface area contributed by atoms with Gasteiger partial charge in [-0.05, 0) is 37.5 Å². The van der Waals surface area contributed by atoms with Crippen molar-refractivity contribution in [3.8, 4) is 0 Å². The minimum absolute atomic E-state index is 0.00222. The normalized spacial score (nSPS) is 16.0. The molecule has 2 aromatic rings. The van der Waals surface area contributed by atoms with Crippen molar-refractivity contribution in [2.24, 2.45) is 5.92 Å². The zero-order valence-corrected chi connectivity index (χ0v) is 13.0. The highest BCUT2D eigenvalue weighted by Gasteiger charge is 2.27. The number of carbonyl (C=O) groups is 1. The Bertz CT molecular complexity index is 706. The van der Waals surface area contributed by atoms with E-state index in [4.69, 9.17) is 10.5 Å². The van der Waals surface area contributed by atoms with Crippen LogP contribution in [0.4, 0.5) is 11.5 Å². The molecule has 0 amide bonds. The molecule has 0 aliphatic carbocycles. The summed E-state index contributed by atoms with van der Waals surface area (Å²) in [4.78, 5) is 18.5. The number of aryl methyl sites for hydroxylation is 1. The van der Waals surface area contributed by atoms with Gasteiger partial charge in [-0.1, -0.05) is 6.07 Å². The molecule has 0 bridgehead atoms. The average molecular weight is 299 g/mol. The fourth-order valence-electron chi connectivity index (χ4n) is 3.20. The van der Waals surface area contributed by atoms with Crippen molar-refractivity contribution in [2.75, 3.05) is 30.8 Å². The SMILES string of the molecule is COC(=O)C1CCN(c2nccc3c(N)ccc(C)c23)CC1. The number of hydrogen-bond acceptors (Lipinski definition) is 5. The highest BCUT2D eigenvalue weighted by Crippen LogP contribution is 2.33. The van der Waals surface area contributed by atoms with Crippen molar-refractivity contribution in [1.82, 2.24) is 4.98 Å². The lowest BCUT2D eigenvalue weighted by molar-refractivity contribution is -0.146. The van der Waals surface area contributed by atoms with E-state index in [1.165, 1.54) is 12.7 Å². The second kappa shape index (κ2) is 5.83. The zero-order chi connectivity index (χ0) is 15.7. The van der Waals surface area contributed by atoms with Crippen LogP contribution in [0.2, 0.25) is 0 Å². The molecule has 22 heavy (non-hydrogen) atoms. The minimum atomic E-state index is -0.106. The molecule has 1 saturated heterocycles. The number of pyridine rings is 1. The van der Waals surface area contributed by atoms with Crippen LogP contribution >= 0.6 is 0 Å². The van der Waals surface area contributed by atoms with Crippen LogP contribution in [0.5, 0.6) is 0 Å². The van der Waals surface area contributed by atoms with E-state index >= 15 is 0 Å². The lowest BCUT2D eigenvalue weighted by atomic mass is 9.96. The third kappa shape index (κ3) is 2.47. The summed E-state index contributed by atoms with van der Waals surface area (Å²) in [7, 11) is 1.45. The van der Waals surface area contributed by atoms with Gasteiger partial charge in [0.2, 0.25) is 0 Å². The molecule has 1 fully saturated rings. The van der Waals surface area contributed by atoms with Crippen LogP contribution in [0, 0.1) is 12.8 Å². The Morgan fingerprint density at radius 2 is 2.05 bits per heavy atom. The highest BCUT2D eigenvalue weighted by molar-refractivity contribution is 6.01. The lowest BCUT2D eigenvalue weighted by Crippen LogP contribution is -2.37. The van der Waals surface area contributed by atoms with E-state index in [0.29, 0.717) is 0 Å². The first-order chi connectivity index (χ1) is 10.6. The number of hydrogen-bond donors (Lipinski definition) is 1. The molecule has 0 spiro atoms. The first-order valence-corrected chi connectivity index (χ1v) is 7.58. The maximum Gasteiger partial charge on any atom is 0.308 e. The Kier molecular flexibility index (Phi) is 3.88. The molecule has 1 aliphatic rings. The van der Waals surface area contributed by atoms with Crippen molar-refractivity contribution in [1.29, 1.82) is 0 Å². The smallest absolute Gasteiger partial charge is 0.308 e. The van der Waals surface area contributed by atoms with Gasteiger partial charge >= 0.3 is 5.97 Å². The molecule has 0 radical (unpaired) electrons. The summed E-state index contributed by atoms with van der Waals surface area (Å²) in [6, 6.07) is 5.93. The second-order valence-corrected chi connectivity index (χ2v) is 5.81. The Balaban J connectivity index is 1.92. The maximum atomic E-state index is 11.6. The number of methoxy groups -OCH3 is 1. The molecule has 0 atom stereocenters. The highest BCUT2D eigenvalue weighted by atomic mass is 16.5. The van der Waals surface area contributed by atoms with Crippen LogP contribution in [0.15, 0.2) is 24.4 Å². The number of ether oxygens (including phenoxy) is 1. The number of esters is 1. The first-order valence-electron chi connectivity index (χ1n) is 7.58. The standard InChI is InChI=1S/C17H21N3O2/c1-11-3-4-14(18)13-5-8-19-16(15(11)13)20-9-6-12(7-10-20)17(21)22-2/h3-5,8,12H,6-7,9-10,18H2,1-2H3. The van der Waals surface area contributed by atoms with Gasteiger partial charge in [-0.25, -0.2) is 4.98 Å². The quantitative estimate of drug-likeness (QED) is 0.681. The van der Waals surface area contributed by atoms with Gasteiger partial charge in [-0.2, -0.15) is 0 Å². The van der Waals surface area contributed by atoms with E-state index < -0.39 is 0 Å². The Labute approximate surface area is 130 Å². The summed E-state index contributed by atoms with van der Waals surface area (Å²) < 4.78 is 4.85. The largest absolute Gasteiger partial charge is 0.469 e. The molecular formula is C17H21N3O2. The number of nitrogens with zero attached hydrogens (tertiary/aromatic N) is 2. The Morgan fingerprint density at radius 3 is 2.73 bits per heavy atom. The van der Waals surface area contributed by atoms with E-state index in [9.17, 15) is 4.79 Å². The molecule has 2 heterocycles. The van der Waals surface area contributed by atoms with Gasteiger partial charge in [0.05, 0.1) is 13.0 Å². The summed E-state index contributed by atoms with van der Waals surface area (Å²) >= 11 is 0. The van der Waals surface area contributed by atoms with Gasteiger partial charge in [0.15, 0.2) is 0 Å². The minimum Gasteiger partial charge on any atom is -0.469 e. The number of benzene rings is 1. The van der Waals surface area contributed by atoms with E-state index in [1.54, 1.807) is 6.20 Å². The summed E-state index contributed by atoms with van der Waals surface area (Å²) in [6.45, 7) is 3.69. The number of nitrogens with two attached hydrogens (primary N) is 1. The molecule has 1 aliphatic heterocycles. The molecule has 2 N–H and O–H groups in total. The van der Waals surface area contributed by atoms with Crippen LogP contribution in [0.25, 0.3) is 10.8 Å². The molecule has 3 rings (SSSR count). The molecule has 116 valence electrons. The van der Waals surface area contributed by atoms with Crippen molar-refractivity contribution >= 4 is 28.2 Å².